The van der Waals surface area contributed by atoms with Crippen molar-refractivity contribution in [2.24, 2.45) is 0 Å². The first-order valence-electron chi connectivity index (χ1n) is 10.1. The van der Waals surface area contributed by atoms with Gasteiger partial charge >= 0.3 is 0 Å². The molecule has 0 atom stereocenters. The van der Waals surface area contributed by atoms with Crippen molar-refractivity contribution in [2.75, 3.05) is 56.3 Å². The highest BCUT2D eigenvalue weighted by molar-refractivity contribution is 7.99. The van der Waals surface area contributed by atoms with Crippen LogP contribution in [0.4, 0.5) is 11.4 Å². The average Bonchev–Trinajstić information content (AvgIpc) is 3.28. The van der Waals surface area contributed by atoms with Crippen molar-refractivity contribution in [3.8, 4) is 17.2 Å². The minimum Gasteiger partial charge on any atom is -0.496 e. The van der Waals surface area contributed by atoms with Crippen LogP contribution < -0.4 is 15.0 Å². The normalized spacial score (nSPS) is 14.5. The maximum Gasteiger partial charge on any atom is 0.277 e. The number of anilines is 2. The summed E-state index contributed by atoms with van der Waals surface area (Å²) >= 11 is 1.21. The molecule has 0 spiro atoms. The van der Waals surface area contributed by atoms with Gasteiger partial charge in [-0.2, -0.15) is 0 Å². The molecule has 8 nitrogen and oxygen atoms in total. The number of methoxy groups -OCH3 is 1. The Labute approximate surface area is 185 Å². The second-order valence-electron chi connectivity index (χ2n) is 7.22. The predicted octanol–water partition coefficient (Wildman–Crippen LogP) is 3.23. The number of hydrogen-bond donors (Lipinski definition) is 1. The van der Waals surface area contributed by atoms with Crippen molar-refractivity contribution in [2.45, 2.75) is 5.22 Å². The average molecular weight is 440 g/mol. The van der Waals surface area contributed by atoms with Crippen LogP contribution in [-0.2, 0) is 4.79 Å². The van der Waals surface area contributed by atoms with E-state index in [9.17, 15) is 4.79 Å². The maximum absolute atomic E-state index is 12.6. The maximum atomic E-state index is 12.6. The third-order valence-electron chi connectivity index (χ3n) is 5.09. The molecule has 0 bridgehead atoms. The zero-order valence-electron chi connectivity index (χ0n) is 17.6. The summed E-state index contributed by atoms with van der Waals surface area (Å²) in [4.78, 5) is 17.2. The molecule has 0 unspecified atom stereocenters. The number of carbonyl (C=O) groups is 1. The van der Waals surface area contributed by atoms with Crippen molar-refractivity contribution >= 4 is 29.0 Å². The largest absolute Gasteiger partial charge is 0.496 e. The van der Waals surface area contributed by atoms with Crippen LogP contribution in [0.15, 0.2) is 58.2 Å². The summed E-state index contributed by atoms with van der Waals surface area (Å²) in [5, 5.41) is 11.5. The summed E-state index contributed by atoms with van der Waals surface area (Å²) in [6.07, 6.45) is 0. The van der Waals surface area contributed by atoms with Gasteiger partial charge in [0.2, 0.25) is 5.91 Å². The molecule has 9 heteroatoms. The molecule has 0 aliphatic carbocycles. The molecule has 1 amide bonds. The summed E-state index contributed by atoms with van der Waals surface area (Å²) < 4.78 is 11.0. The highest BCUT2D eigenvalue weighted by Crippen LogP contribution is 2.31. The zero-order chi connectivity index (χ0) is 21.6. The summed E-state index contributed by atoms with van der Waals surface area (Å²) in [6.45, 7) is 3.88. The van der Waals surface area contributed by atoms with E-state index in [1.54, 1.807) is 7.11 Å². The Morgan fingerprint density at radius 1 is 1.10 bits per heavy atom. The van der Waals surface area contributed by atoms with Crippen LogP contribution in [0.5, 0.6) is 5.75 Å². The smallest absolute Gasteiger partial charge is 0.277 e. The number of likely N-dealkylation sites (N-methyl/N-ethyl adjacent to an activating group) is 1. The van der Waals surface area contributed by atoms with E-state index in [0.29, 0.717) is 16.9 Å². The SMILES string of the molecule is COc1ccccc1-c1nnc(SCC(=O)Nc2ccccc2N2CCN(C)CC2)o1. The van der Waals surface area contributed by atoms with Crippen molar-refractivity contribution in [1.82, 2.24) is 15.1 Å². The highest BCUT2D eigenvalue weighted by Gasteiger charge is 2.18. The fourth-order valence-corrected chi connectivity index (χ4v) is 3.98. The lowest BCUT2D eigenvalue weighted by Gasteiger charge is -2.35. The molecule has 1 N–H and O–H groups in total. The lowest BCUT2D eigenvalue weighted by Crippen LogP contribution is -2.44. The van der Waals surface area contributed by atoms with Gasteiger partial charge in [0.25, 0.3) is 11.1 Å². The van der Waals surface area contributed by atoms with E-state index in [2.05, 4.69) is 32.4 Å². The number of piperazine rings is 1. The molecule has 162 valence electrons. The van der Waals surface area contributed by atoms with Crippen molar-refractivity contribution < 1.29 is 13.9 Å². The Hall–Kier alpha value is -3.04. The number of rotatable bonds is 7. The first kappa shape index (κ1) is 21.2. The highest BCUT2D eigenvalue weighted by atomic mass is 32.2. The van der Waals surface area contributed by atoms with Gasteiger partial charge in [-0.15, -0.1) is 10.2 Å². The number of aromatic nitrogens is 2. The molecule has 1 aromatic heterocycles. The van der Waals surface area contributed by atoms with E-state index in [0.717, 1.165) is 43.1 Å². The van der Waals surface area contributed by atoms with Crippen molar-refractivity contribution in [3.63, 3.8) is 0 Å². The topological polar surface area (TPSA) is 83.7 Å². The number of hydrogen-bond acceptors (Lipinski definition) is 8. The summed E-state index contributed by atoms with van der Waals surface area (Å²) in [5.74, 6) is 1.07. The second-order valence-corrected chi connectivity index (χ2v) is 8.14. The summed E-state index contributed by atoms with van der Waals surface area (Å²) in [7, 11) is 3.72. The molecule has 3 aromatic rings. The Kier molecular flexibility index (Phi) is 6.73. The number of amides is 1. The lowest BCUT2D eigenvalue weighted by atomic mass is 10.2. The second kappa shape index (κ2) is 9.84. The van der Waals surface area contributed by atoms with Crippen molar-refractivity contribution in [1.29, 1.82) is 0 Å². The molecule has 0 radical (unpaired) electrons. The first-order valence-corrected chi connectivity index (χ1v) is 11.0. The molecule has 31 heavy (non-hydrogen) atoms. The van der Waals surface area contributed by atoms with E-state index in [-0.39, 0.29) is 11.7 Å². The number of benzene rings is 2. The van der Waals surface area contributed by atoms with Gasteiger partial charge in [0.05, 0.1) is 29.8 Å². The molecule has 2 aromatic carbocycles. The van der Waals surface area contributed by atoms with Crippen LogP contribution in [0.2, 0.25) is 0 Å². The third-order valence-corrected chi connectivity index (χ3v) is 5.91. The fourth-order valence-electron chi connectivity index (χ4n) is 3.41. The van der Waals surface area contributed by atoms with Crippen LogP contribution in [0.3, 0.4) is 0 Å². The summed E-state index contributed by atoms with van der Waals surface area (Å²) in [5.41, 5.74) is 2.58. The van der Waals surface area contributed by atoms with Gasteiger partial charge in [-0.3, -0.25) is 4.79 Å². The Balaban J connectivity index is 1.37. The molecule has 1 aliphatic rings. The first-order chi connectivity index (χ1) is 15.1. The fraction of sp³-hybridized carbons (Fsp3) is 0.318. The molecular formula is C22H25N5O3S. The number of ether oxygens (including phenoxy) is 1. The van der Waals surface area contributed by atoms with E-state index in [4.69, 9.17) is 9.15 Å². The van der Waals surface area contributed by atoms with Gasteiger partial charge in [0, 0.05) is 26.2 Å². The van der Waals surface area contributed by atoms with Crippen LogP contribution in [0.25, 0.3) is 11.5 Å². The number of nitrogens with one attached hydrogen (secondary N) is 1. The van der Waals surface area contributed by atoms with Gasteiger partial charge in [-0.25, -0.2) is 0 Å². The monoisotopic (exact) mass is 439 g/mol. The van der Waals surface area contributed by atoms with Crippen LogP contribution >= 0.6 is 11.8 Å². The molecule has 1 fully saturated rings. The number of thioether (sulfide) groups is 1. The van der Waals surface area contributed by atoms with Gasteiger partial charge in [0.15, 0.2) is 0 Å². The molecule has 0 saturated carbocycles. The van der Waals surface area contributed by atoms with Gasteiger partial charge < -0.3 is 24.3 Å². The third kappa shape index (κ3) is 5.18. The number of carbonyl (C=O) groups excluding carboxylic acids is 1. The van der Waals surface area contributed by atoms with Crippen LogP contribution in [0.1, 0.15) is 0 Å². The minimum absolute atomic E-state index is 0.122. The molecule has 1 aliphatic heterocycles. The standard InChI is InChI=1S/C22H25N5O3S/c1-26-11-13-27(14-12-26)18-9-5-4-8-17(18)23-20(28)15-31-22-25-24-21(30-22)16-7-3-6-10-19(16)29-2/h3-10H,11-15H2,1-2H3,(H,23,28). The number of nitrogens with zero attached hydrogens (tertiary/aromatic N) is 4. The van der Waals surface area contributed by atoms with E-state index >= 15 is 0 Å². The number of para-hydroxylation sites is 3. The quantitative estimate of drug-likeness (QED) is 0.562. The van der Waals surface area contributed by atoms with Crippen LogP contribution in [0, 0.1) is 0 Å². The minimum atomic E-state index is -0.122. The Morgan fingerprint density at radius 2 is 1.84 bits per heavy atom. The molecule has 4 rings (SSSR count). The molecular weight excluding hydrogens is 414 g/mol. The summed E-state index contributed by atoms with van der Waals surface area (Å²) in [6, 6.07) is 15.3. The van der Waals surface area contributed by atoms with Crippen LogP contribution in [-0.4, -0.2) is 67.1 Å². The van der Waals surface area contributed by atoms with E-state index in [1.165, 1.54) is 11.8 Å². The van der Waals surface area contributed by atoms with Crippen molar-refractivity contribution in [3.05, 3.63) is 48.5 Å². The predicted molar refractivity (Wildman–Crippen MR) is 122 cm³/mol. The molecule has 1 saturated heterocycles. The Morgan fingerprint density at radius 3 is 2.65 bits per heavy atom. The van der Waals surface area contributed by atoms with Gasteiger partial charge in [0.1, 0.15) is 5.75 Å². The lowest BCUT2D eigenvalue weighted by molar-refractivity contribution is -0.113. The van der Waals surface area contributed by atoms with E-state index in [1.807, 2.05) is 48.5 Å². The Bertz CT molecular complexity index is 1030. The van der Waals surface area contributed by atoms with Gasteiger partial charge in [-0.05, 0) is 31.3 Å². The zero-order valence-corrected chi connectivity index (χ0v) is 18.4. The van der Waals surface area contributed by atoms with E-state index < -0.39 is 0 Å². The molecule has 2 heterocycles. The van der Waals surface area contributed by atoms with Gasteiger partial charge in [-0.1, -0.05) is 36.0 Å².